The van der Waals surface area contributed by atoms with E-state index in [4.69, 9.17) is 4.74 Å². The largest absolute Gasteiger partial charge is 0.550 e. The molecular weight excluding hydrogens is 266 g/mol. The van der Waals surface area contributed by atoms with Crippen LogP contribution in [0.3, 0.4) is 0 Å². The van der Waals surface area contributed by atoms with Gasteiger partial charge in [0.2, 0.25) is 5.60 Å². The van der Waals surface area contributed by atoms with Crippen molar-refractivity contribution in [2.24, 2.45) is 0 Å². The minimum atomic E-state index is -1.82. The molecule has 0 saturated heterocycles. The van der Waals surface area contributed by atoms with Crippen molar-refractivity contribution < 1.29 is 33.8 Å². The van der Waals surface area contributed by atoms with Crippen LogP contribution in [0.2, 0.25) is 0 Å². The molecular formula is C13H23NO6. The number of ether oxygens (including phenoxy) is 1. The van der Waals surface area contributed by atoms with E-state index >= 15 is 0 Å². The van der Waals surface area contributed by atoms with Gasteiger partial charge in [0.25, 0.3) is 0 Å². The highest BCUT2D eigenvalue weighted by Gasteiger charge is 2.46. The molecule has 0 amide bonds. The van der Waals surface area contributed by atoms with Crippen molar-refractivity contribution in [3.8, 4) is 0 Å². The van der Waals surface area contributed by atoms with E-state index in [-0.39, 0.29) is 17.4 Å². The summed E-state index contributed by atoms with van der Waals surface area (Å²) in [7, 11) is 5.22. The van der Waals surface area contributed by atoms with Crippen molar-refractivity contribution in [3.05, 3.63) is 0 Å². The Balaban J connectivity index is 5.59. The Hall–Kier alpha value is -1.47. The van der Waals surface area contributed by atoms with Gasteiger partial charge in [0.05, 0.1) is 21.1 Å². The molecule has 0 aromatic heterocycles. The Labute approximate surface area is 118 Å². The number of carbonyl (C=O) groups is 3. The first-order valence-corrected chi connectivity index (χ1v) is 6.38. The van der Waals surface area contributed by atoms with Crippen LogP contribution < -0.4 is 5.11 Å². The maximum Gasteiger partial charge on any atom is 0.335 e. The molecule has 0 radical (unpaired) electrons. The van der Waals surface area contributed by atoms with E-state index < -0.39 is 35.8 Å². The number of hydrogen-bond acceptors (Lipinski definition) is 6. The lowest BCUT2D eigenvalue weighted by Gasteiger charge is -2.38. The van der Waals surface area contributed by atoms with Gasteiger partial charge in [-0.15, -0.1) is 0 Å². The fourth-order valence-corrected chi connectivity index (χ4v) is 1.97. The van der Waals surface area contributed by atoms with Gasteiger partial charge in [0, 0.05) is 18.8 Å². The van der Waals surface area contributed by atoms with Crippen LogP contribution >= 0.6 is 0 Å². The highest BCUT2D eigenvalue weighted by molar-refractivity contribution is 5.93. The molecule has 1 unspecified atom stereocenters. The molecule has 0 saturated carbocycles. The van der Waals surface area contributed by atoms with Gasteiger partial charge in [-0.25, -0.2) is 4.79 Å². The van der Waals surface area contributed by atoms with Crippen molar-refractivity contribution >= 4 is 17.7 Å². The zero-order valence-corrected chi connectivity index (χ0v) is 12.6. The molecule has 7 nitrogen and oxygen atoms in total. The van der Waals surface area contributed by atoms with E-state index in [0.717, 1.165) is 0 Å². The van der Waals surface area contributed by atoms with Gasteiger partial charge in [-0.1, -0.05) is 6.92 Å². The van der Waals surface area contributed by atoms with E-state index in [9.17, 15) is 24.6 Å². The normalized spacial score (nSPS) is 16.1. The van der Waals surface area contributed by atoms with Gasteiger partial charge < -0.3 is 24.2 Å². The first kappa shape index (κ1) is 18.5. The highest BCUT2D eigenvalue weighted by Crippen LogP contribution is 2.23. The van der Waals surface area contributed by atoms with Crippen molar-refractivity contribution in [2.45, 2.75) is 38.4 Å². The topological polar surface area (TPSA) is 104 Å². The van der Waals surface area contributed by atoms with Crippen LogP contribution in [-0.4, -0.2) is 66.7 Å². The van der Waals surface area contributed by atoms with Crippen LogP contribution in [0.4, 0.5) is 0 Å². The summed E-state index contributed by atoms with van der Waals surface area (Å²) in [6.07, 6.45) is -2.15. The van der Waals surface area contributed by atoms with E-state index in [2.05, 4.69) is 0 Å². The minimum absolute atomic E-state index is 0.0143. The van der Waals surface area contributed by atoms with Crippen LogP contribution in [0, 0.1) is 0 Å². The lowest BCUT2D eigenvalue weighted by atomic mass is 9.90. The second-order valence-corrected chi connectivity index (χ2v) is 5.87. The van der Waals surface area contributed by atoms with Gasteiger partial charge in [-0.3, -0.25) is 4.79 Å². The van der Waals surface area contributed by atoms with Crippen LogP contribution in [-0.2, 0) is 19.1 Å². The summed E-state index contributed by atoms with van der Waals surface area (Å²) in [4.78, 5) is 34.7. The van der Waals surface area contributed by atoms with Crippen molar-refractivity contribution in [1.29, 1.82) is 0 Å². The second-order valence-electron chi connectivity index (χ2n) is 5.87. The molecule has 0 fully saturated rings. The first-order valence-electron chi connectivity index (χ1n) is 6.38. The van der Waals surface area contributed by atoms with Crippen molar-refractivity contribution in [3.63, 3.8) is 0 Å². The number of hydrogen-bond donors (Lipinski definition) is 1. The number of carbonyl (C=O) groups excluding carboxylic acids is 3. The van der Waals surface area contributed by atoms with Crippen LogP contribution in [0.1, 0.15) is 26.7 Å². The van der Waals surface area contributed by atoms with Gasteiger partial charge in [-0.2, -0.15) is 0 Å². The van der Waals surface area contributed by atoms with E-state index in [0.29, 0.717) is 0 Å². The number of carboxylic acids is 1. The monoisotopic (exact) mass is 289 g/mol. The lowest BCUT2D eigenvalue weighted by Crippen LogP contribution is -2.58. The number of aliphatic carboxylic acids is 1. The summed E-state index contributed by atoms with van der Waals surface area (Å²) in [6, 6.07) is 0. The van der Waals surface area contributed by atoms with E-state index in [1.165, 1.54) is 6.92 Å². The number of esters is 1. The molecule has 0 aromatic carbocycles. The molecule has 0 aromatic rings. The molecule has 2 atom stereocenters. The number of ketones is 1. The molecule has 0 rings (SSSR count). The number of aliphatic hydroxyl groups is 1. The summed E-state index contributed by atoms with van der Waals surface area (Å²) in [6.45, 7) is 2.72. The van der Waals surface area contributed by atoms with Gasteiger partial charge in [0.15, 0.2) is 5.78 Å². The Morgan fingerprint density at radius 3 is 2.10 bits per heavy atom. The summed E-state index contributed by atoms with van der Waals surface area (Å²) in [5.41, 5.74) is -1.82. The number of aliphatic hydroxyl groups excluding tert-OH is 1. The zero-order chi connectivity index (χ0) is 16.1. The first-order chi connectivity index (χ1) is 8.93. The average Bonchev–Trinajstić information content (AvgIpc) is 2.24. The lowest BCUT2D eigenvalue weighted by molar-refractivity contribution is -0.875. The highest BCUT2D eigenvalue weighted by atomic mass is 16.6. The third kappa shape index (κ3) is 5.66. The molecule has 0 aliphatic heterocycles. The summed E-state index contributed by atoms with van der Waals surface area (Å²) >= 11 is 0. The van der Waals surface area contributed by atoms with Gasteiger partial charge in [-0.05, 0) is 6.92 Å². The number of quaternary nitrogens is 1. The summed E-state index contributed by atoms with van der Waals surface area (Å²) in [5.74, 6) is -3.02. The second kappa shape index (κ2) is 6.81. The molecule has 116 valence electrons. The number of nitrogens with zero attached hydrogens (tertiary/aromatic N) is 1. The number of Topliss-reactive ketones (excluding diaryl/α,β-unsaturated/α-hetero) is 1. The number of rotatable bonds is 8. The summed E-state index contributed by atoms with van der Waals surface area (Å²) in [5, 5.41) is 20.2. The Morgan fingerprint density at radius 1 is 1.30 bits per heavy atom. The molecule has 0 heterocycles. The van der Waals surface area contributed by atoms with Crippen LogP contribution in [0.5, 0.6) is 0 Å². The Morgan fingerprint density at radius 2 is 1.80 bits per heavy atom. The molecule has 0 bridgehead atoms. The van der Waals surface area contributed by atoms with Crippen LogP contribution in [0.25, 0.3) is 0 Å². The predicted octanol–water partition coefficient (Wildman–Crippen LogP) is -1.53. The predicted molar refractivity (Wildman–Crippen MR) is 68.3 cm³/mol. The molecule has 20 heavy (non-hydrogen) atoms. The molecule has 1 N–H and O–H groups in total. The Bertz CT molecular complexity index is 385. The van der Waals surface area contributed by atoms with E-state index in [1.807, 2.05) is 0 Å². The minimum Gasteiger partial charge on any atom is -0.550 e. The quantitative estimate of drug-likeness (QED) is 0.430. The molecule has 7 heteroatoms. The average molecular weight is 289 g/mol. The maximum atomic E-state index is 12.1. The van der Waals surface area contributed by atoms with E-state index in [1.54, 1.807) is 28.1 Å². The fraction of sp³-hybridized carbons (Fsp3) is 0.769. The Kier molecular flexibility index (Phi) is 6.31. The van der Waals surface area contributed by atoms with Crippen molar-refractivity contribution in [2.75, 3.05) is 27.7 Å². The molecule has 0 spiro atoms. The van der Waals surface area contributed by atoms with Gasteiger partial charge >= 0.3 is 5.97 Å². The molecule has 0 aliphatic rings. The number of carboxylic acid groups (broad SMARTS) is 1. The summed E-state index contributed by atoms with van der Waals surface area (Å²) < 4.78 is 5.28. The van der Waals surface area contributed by atoms with Crippen LogP contribution in [0.15, 0.2) is 0 Å². The number of likely N-dealkylation sites (N-methyl/N-ethyl adjacent to an activating group) is 1. The third-order valence-corrected chi connectivity index (χ3v) is 2.63. The fourth-order valence-electron chi connectivity index (χ4n) is 1.97. The molecule has 0 aliphatic carbocycles. The smallest absolute Gasteiger partial charge is 0.335 e. The third-order valence-electron chi connectivity index (χ3n) is 2.63. The standard InChI is InChI=1S/C13H23NO6/c1-6-10(16)13(7-11(17)18,8-14(3,4)5)20-12(19)9(2)15/h9,15H,6-8H2,1-5H3/t9?,13-/m1/s1. The SMILES string of the molecule is CCC(=O)[C@@](CC(=O)[O-])(C[N+](C)(C)C)OC(=O)C(C)O. The van der Waals surface area contributed by atoms with Gasteiger partial charge in [0.1, 0.15) is 12.6 Å². The maximum absolute atomic E-state index is 12.1. The zero-order valence-electron chi connectivity index (χ0n) is 12.6. The van der Waals surface area contributed by atoms with Crippen molar-refractivity contribution in [1.82, 2.24) is 0 Å².